The van der Waals surface area contributed by atoms with Crippen LogP contribution in [-0.2, 0) is 28.3 Å². The Labute approximate surface area is 51.8 Å². The molecule has 0 N–H and O–H groups in total. The Balaban J connectivity index is 3.09. The van der Waals surface area contributed by atoms with E-state index in [0.29, 0.717) is 0 Å². The van der Waals surface area contributed by atoms with Gasteiger partial charge >= 0.3 is 20.5 Å². The van der Waals surface area contributed by atoms with Crippen molar-refractivity contribution in [1.29, 1.82) is 0 Å². The molecule has 0 aromatic carbocycles. The molecule has 0 spiro atoms. The van der Waals surface area contributed by atoms with E-state index in [4.69, 9.17) is 0 Å². The molecule has 1 heterocycles. The summed E-state index contributed by atoms with van der Waals surface area (Å²) in [6.07, 6.45) is 0. The van der Waals surface area contributed by atoms with Crippen LogP contribution in [0, 0.1) is 0 Å². The zero-order chi connectivity index (χ0) is 7.12. The quantitative estimate of drug-likeness (QED) is 0.447. The molecule has 0 saturated carbocycles. The average Bonchev–Trinajstić information content (AvgIpc) is 1.78. The first-order valence-electron chi connectivity index (χ1n) is 1.74. The van der Waals surface area contributed by atoms with Gasteiger partial charge in [0.1, 0.15) is 0 Å². The molecule has 0 aliphatic carbocycles. The van der Waals surface area contributed by atoms with Gasteiger partial charge in [-0.3, -0.25) is 0 Å². The minimum Gasteiger partial charge on any atom is -0.228 e. The van der Waals surface area contributed by atoms with Crippen molar-refractivity contribution in [2.24, 2.45) is 0 Å². The Hall–Kier alpha value is -0.180. The molecule has 0 radical (unpaired) electrons. The monoisotopic (exact) mass is 174 g/mol. The summed E-state index contributed by atoms with van der Waals surface area (Å²) < 4.78 is 47.5. The van der Waals surface area contributed by atoms with Crippen LogP contribution in [0.25, 0.3) is 0 Å². The lowest BCUT2D eigenvalue weighted by molar-refractivity contribution is 0.360. The second kappa shape index (κ2) is 1.66. The third-order valence-electron chi connectivity index (χ3n) is 0.524. The molecule has 0 bridgehead atoms. The molecule has 0 aromatic heterocycles. The van der Waals surface area contributed by atoms with E-state index in [1.807, 2.05) is 0 Å². The maximum absolute atomic E-state index is 10.1. The van der Waals surface area contributed by atoms with Crippen LogP contribution >= 0.6 is 0 Å². The topological polar surface area (TPSA) is 86.7 Å². The van der Waals surface area contributed by atoms with Crippen molar-refractivity contribution in [2.45, 2.75) is 0 Å². The van der Waals surface area contributed by atoms with Crippen LogP contribution in [0.15, 0.2) is 0 Å². The molecule has 8 heteroatoms. The highest BCUT2D eigenvalue weighted by Gasteiger charge is 2.33. The first-order valence-corrected chi connectivity index (χ1v) is 4.65. The fourth-order valence-electron chi connectivity index (χ4n) is 0.284. The molecule has 0 unspecified atom stereocenters. The van der Waals surface area contributed by atoms with Crippen molar-refractivity contribution in [3.63, 3.8) is 0 Å². The SMILES string of the molecule is O=S1(=O)COS(=O)(=O)O1. The lowest BCUT2D eigenvalue weighted by Gasteiger charge is -1.81. The van der Waals surface area contributed by atoms with Gasteiger partial charge < -0.3 is 0 Å². The van der Waals surface area contributed by atoms with Crippen molar-refractivity contribution < 1.29 is 24.6 Å². The van der Waals surface area contributed by atoms with E-state index in [-0.39, 0.29) is 0 Å². The smallest absolute Gasteiger partial charge is 0.228 e. The second-order valence-corrected chi connectivity index (χ2v) is 4.22. The van der Waals surface area contributed by atoms with E-state index in [0.717, 1.165) is 0 Å². The number of rotatable bonds is 0. The third-order valence-corrected chi connectivity index (χ3v) is 2.98. The summed E-state index contributed by atoms with van der Waals surface area (Å²) >= 11 is 0. The highest BCUT2D eigenvalue weighted by atomic mass is 32.3. The van der Waals surface area contributed by atoms with Crippen molar-refractivity contribution in [1.82, 2.24) is 0 Å². The minimum absolute atomic E-state index is 0.921. The van der Waals surface area contributed by atoms with E-state index in [2.05, 4.69) is 7.81 Å². The Bertz CT molecular complexity index is 260. The Kier molecular flexibility index (Phi) is 1.28. The highest BCUT2D eigenvalue weighted by Crippen LogP contribution is 2.12. The van der Waals surface area contributed by atoms with Gasteiger partial charge in [-0.05, 0) is 0 Å². The van der Waals surface area contributed by atoms with E-state index in [1.54, 1.807) is 0 Å². The summed E-state index contributed by atoms with van der Waals surface area (Å²) in [7, 11) is -8.21. The predicted octanol–water partition coefficient (Wildman–Crippen LogP) is -1.43. The van der Waals surface area contributed by atoms with Crippen molar-refractivity contribution in [3.05, 3.63) is 0 Å². The fourth-order valence-corrected chi connectivity index (χ4v) is 2.56. The first-order chi connectivity index (χ1) is 3.91. The standard InChI is InChI=1S/CH2O6S2/c2-8(3)1-6-9(4,5)7-8/h1H2. The van der Waals surface area contributed by atoms with Crippen molar-refractivity contribution in [2.75, 3.05) is 5.94 Å². The maximum atomic E-state index is 10.1. The molecule has 1 rings (SSSR count). The van der Waals surface area contributed by atoms with Gasteiger partial charge in [0.15, 0.2) is 5.94 Å². The van der Waals surface area contributed by atoms with E-state index >= 15 is 0 Å². The van der Waals surface area contributed by atoms with Gasteiger partial charge in [-0.2, -0.15) is 16.8 Å². The molecular formula is CH2O6S2. The van der Waals surface area contributed by atoms with Gasteiger partial charge in [-0.15, -0.1) is 3.63 Å². The summed E-state index contributed by atoms with van der Waals surface area (Å²) in [5.74, 6) is -0.921. The largest absolute Gasteiger partial charge is 0.415 e. The van der Waals surface area contributed by atoms with Crippen LogP contribution in [0.3, 0.4) is 0 Å². The van der Waals surface area contributed by atoms with Gasteiger partial charge in [0.2, 0.25) is 0 Å². The lowest BCUT2D eigenvalue weighted by atomic mass is 11.7. The molecule has 1 aliphatic heterocycles. The van der Waals surface area contributed by atoms with Gasteiger partial charge in [0, 0.05) is 0 Å². The lowest BCUT2D eigenvalue weighted by Crippen LogP contribution is -1.99. The van der Waals surface area contributed by atoms with Crippen LogP contribution in [0.1, 0.15) is 0 Å². The molecule has 1 saturated heterocycles. The molecule has 6 nitrogen and oxygen atoms in total. The van der Waals surface area contributed by atoms with Crippen molar-refractivity contribution in [3.8, 4) is 0 Å². The zero-order valence-electron chi connectivity index (χ0n) is 3.97. The number of hydrogen-bond donors (Lipinski definition) is 0. The third kappa shape index (κ3) is 1.61. The fraction of sp³-hybridized carbons (Fsp3) is 1.00. The highest BCUT2D eigenvalue weighted by molar-refractivity contribution is 8.00. The molecular weight excluding hydrogens is 172 g/mol. The van der Waals surface area contributed by atoms with Crippen molar-refractivity contribution >= 4 is 20.5 Å². The summed E-state index contributed by atoms with van der Waals surface area (Å²) in [4.78, 5) is 0. The van der Waals surface area contributed by atoms with E-state index in [9.17, 15) is 16.8 Å². The van der Waals surface area contributed by atoms with Crippen LogP contribution in [0.2, 0.25) is 0 Å². The zero-order valence-corrected chi connectivity index (χ0v) is 5.61. The molecule has 9 heavy (non-hydrogen) atoms. The van der Waals surface area contributed by atoms with Crippen LogP contribution in [-0.4, -0.2) is 22.8 Å². The van der Waals surface area contributed by atoms with Crippen LogP contribution < -0.4 is 0 Å². The molecule has 0 aromatic rings. The van der Waals surface area contributed by atoms with Gasteiger partial charge in [-0.25, -0.2) is 4.18 Å². The molecule has 1 aliphatic rings. The van der Waals surface area contributed by atoms with Gasteiger partial charge in [0.05, 0.1) is 0 Å². The first kappa shape index (κ1) is 6.93. The molecule has 54 valence electrons. The molecule has 0 atom stereocenters. The van der Waals surface area contributed by atoms with Crippen LogP contribution in [0.5, 0.6) is 0 Å². The summed E-state index contributed by atoms with van der Waals surface area (Å²) in [6.45, 7) is 0. The average molecular weight is 174 g/mol. The van der Waals surface area contributed by atoms with Gasteiger partial charge in [-0.1, -0.05) is 0 Å². The predicted molar refractivity (Wildman–Crippen MR) is 24.9 cm³/mol. The summed E-state index contributed by atoms with van der Waals surface area (Å²) in [5, 5.41) is 0. The summed E-state index contributed by atoms with van der Waals surface area (Å²) in [5.41, 5.74) is 0. The number of hydrogen-bond acceptors (Lipinski definition) is 6. The second-order valence-electron chi connectivity index (χ2n) is 1.27. The Morgan fingerprint density at radius 3 is 1.78 bits per heavy atom. The Morgan fingerprint density at radius 2 is 1.67 bits per heavy atom. The molecule has 0 amide bonds. The summed E-state index contributed by atoms with van der Waals surface area (Å²) in [6, 6.07) is 0. The van der Waals surface area contributed by atoms with E-state index < -0.39 is 26.5 Å². The normalized spacial score (nSPS) is 30.2. The van der Waals surface area contributed by atoms with Crippen LogP contribution in [0.4, 0.5) is 0 Å². The Morgan fingerprint density at radius 1 is 1.11 bits per heavy atom. The molecule has 1 fully saturated rings. The van der Waals surface area contributed by atoms with Gasteiger partial charge in [0.25, 0.3) is 0 Å². The van der Waals surface area contributed by atoms with E-state index in [1.165, 1.54) is 0 Å². The maximum Gasteiger partial charge on any atom is 0.415 e. The minimum atomic E-state index is -4.24.